The van der Waals surface area contributed by atoms with Crippen molar-refractivity contribution in [2.45, 2.75) is 26.2 Å². The number of hydrogen-bond donors (Lipinski definition) is 1. The minimum atomic E-state index is 0.0322. The van der Waals surface area contributed by atoms with E-state index in [1.165, 1.54) is 11.1 Å². The summed E-state index contributed by atoms with van der Waals surface area (Å²) >= 11 is 3.38. The van der Waals surface area contributed by atoms with Gasteiger partial charge >= 0.3 is 0 Å². The molecule has 1 N–H and O–H groups in total. The normalized spacial score (nSPS) is 17.1. The van der Waals surface area contributed by atoms with Crippen LogP contribution in [0.3, 0.4) is 0 Å². The van der Waals surface area contributed by atoms with E-state index < -0.39 is 0 Å². The maximum absolute atomic E-state index is 12.5. The van der Waals surface area contributed by atoms with Crippen molar-refractivity contribution in [1.82, 2.24) is 4.98 Å². The van der Waals surface area contributed by atoms with Crippen molar-refractivity contribution in [3.8, 4) is 0 Å². The van der Waals surface area contributed by atoms with Crippen LogP contribution in [0.2, 0.25) is 0 Å². The van der Waals surface area contributed by atoms with Crippen LogP contribution in [-0.4, -0.2) is 10.9 Å². The fraction of sp³-hybridized carbons (Fsp3) is 0.294. The van der Waals surface area contributed by atoms with Crippen LogP contribution >= 0.6 is 15.9 Å². The molecule has 1 aromatic heterocycles. The molecule has 4 heteroatoms. The summed E-state index contributed by atoms with van der Waals surface area (Å²) in [6.07, 6.45) is 4.40. The van der Waals surface area contributed by atoms with Crippen molar-refractivity contribution >= 4 is 27.7 Å². The minimum absolute atomic E-state index is 0.0322. The number of rotatable bonds is 2. The number of benzene rings is 1. The summed E-state index contributed by atoms with van der Waals surface area (Å²) in [5.41, 5.74) is 3.64. The lowest BCUT2D eigenvalue weighted by Crippen LogP contribution is -2.28. The second kappa shape index (κ2) is 5.98. The molecule has 108 valence electrons. The lowest BCUT2D eigenvalue weighted by molar-refractivity contribution is -0.120. The highest BCUT2D eigenvalue weighted by Crippen LogP contribution is 2.26. The van der Waals surface area contributed by atoms with E-state index in [2.05, 4.69) is 44.4 Å². The van der Waals surface area contributed by atoms with E-state index in [1.54, 1.807) is 6.20 Å². The Labute approximate surface area is 132 Å². The Balaban J connectivity index is 1.72. The van der Waals surface area contributed by atoms with Crippen molar-refractivity contribution in [3.05, 3.63) is 57.7 Å². The van der Waals surface area contributed by atoms with Crippen molar-refractivity contribution in [2.24, 2.45) is 5.92 Å². The zero-order valence-corrected chi connectivity index (χ0v) is 13.5. The van der Waals surface area contributed by atoms with E-state index in [4.69, 9.17) is 0 Å². The maximum Gasteiger partial charge on any atom is 0.228 e. The lowest BCUT2D eigenvalue weighted by Gasteiger charge is -2.23. The van der Waals surface area contributed by atoms with E-state index in [1.807, 2.05) is 19.1 Å². The molecule has 0 spiro atoms. The molecule has 1 aliphatic carbocycles. The number of aryl methyl sites for hydroxylation is 2. The number of aromatic nitrogens is 1. The van der Waals surface area contributed by atoms with Gasteiger partial charge in [-0.25, -0.2) is 4.98 Å². The number of fused-ring (bicyclic) bond motifs is 1. The van der Waals surface area contributed by atoms with Gasteiger partial charge in [-0.1, -0.05) is 24.3 Å². The zero-order chi connectivity index (χ0) is 14.8. The Morgan fingerprint density at radius 3 is 2.86 bits per heavy atom. The Morgan fingerprint density at radius 2 is 2.10 bits per heavy atom. The van der Waals surface area contributed by atoms with E-state index in [0.29, 0.717) is 5.82 Å². The first-order valence-corrected chi connectivity index (χ1v) is 7.92. The van der Waals surface area contributed by atoms with Crippen LogP contribution in [0, 0.1) is 12.8 Å². The predicted molar refractivity (Wildman–Crippen MR) is 87.3 cm³/mol. The third-order valence-corrected chi connectivity index (χ3v) is 4.44. The SMILES string of the molecule is Cc1cc(Br)cnc1NC(=O)C1CCc2ccccc2C1. The van der Waals surface area contributed by atoms with Gasteiger partial charge in [-0.15, -0.1) is 0 Å². The average Bonchev–Trinajstić information content (AvgIpc) is 2.49. The number of carbonyl (C=O) groups is 1. The van der Waals surface area contributed by atoms with Crippen molar-refractivity contribution in [2.75, 3.05) is 5.32 Å². The topological polar surface area (TPSA) is 42.0 Å². The molecule has 0 aliphatic heterocycles. The molecular weight excluding hydrogens is 328 g/mol. The quantitative estimate of drug-likeness (QED) is 0.897. The van der Waals surface area contributed by atoms with E-state index >= 15 is 0 Å². The molecule has 0 saturated heterocycles. The Morgan fingerprint density at radius 1 is 1.33 bits per heavy atom. The second-order valence-electron chi connectivity index (χ2n) is 5.52. The third-order valence-electron chi connectivity index (χ3n) is 4.00. The largest absolute Gasteiger partial charge is 0.310 e. The molecule has 3 rings (SSSR count). The summed E-state index contributed by atoms with van der Waals surface area (Å²) in [5, 5.41) is 2.97. The molecule has 1 unspecified atom stereocenters. The fourth-order valence-electron chi connectivity index (χ4n) is 2.81. The van der Waals surface area contributed by atoms with Crippen molar-refractivity contribution in [3.63, 3.8) is 0 Å². The van der Waals surface area contributed by atoms with Gasteiger partial charge in [0.2, 0.25) is 5.91 Å². The molecular formula is C17H17BrN2O. The number of carbonyl (C=O) groups excluding carboxylic acids is 1. The van der Waals surface area contributed by atoms with Crippen molar-refractivity contribution in [1.29, 1.82) is 0 Å². The molecule has 3 nitrogen and oxygen atoms in total. The van der Waals surface area contributed by atoms with Gasteiger partial charge in [0, 0.05) is 16.6 Å². The monoisotopic (exact) mass is 344 g/mol. The molecule has 1 aromatic carbocycles. The number of halogens is 1. The number of nitrogens with one attached hydrogen (secondary N) is 1. The maximum atomic E-state index is 12.5. The highest BCUT2D eigenvalue weighted by atomic mass is 79.9. The highest BCUT2D eigenvalue weighted by Gasteiger charge is 2.24. The number of pyridine rings is 1. The van der Waals surface area contributed by atoms with Gasteiger partial charge in [0.25, 0.3) is 0 Å². The predicted octanol–water partition coefficient (Wildman–Crippen LogP) is 3.90. The highest BCUT2D eigenvalue weighted by molar-refractivity contribution is 9.10. The Kier molecular flexibility index (Phi) is 4.06. The molecule has 1 aliphatic rings. The van der Waals surface area contributed by atoms with Crippen LogP contribution in [0.5, 0.6) is 0 Å². The minimum Gasteiger partial charge on any atom is -0.310 e. The molecule has 0 bridgehead atoms. The summed E-state index contributed by atoms with van der Waals surface area (Å²) in [6, 6.07) is 10.3. The molecule has 2 aromatic rings. The first kappa shape index (κ1) is 14.3. The average molecular weight is 345 g/mol. The van der Waals surface area contributed by atoms with E-state index in [0.717, 1.165) is 29.3 Å². The van der Waals surface area contributed by atoms with E-state index in [9.17, 15) is 4.79 Å². The molecule has 0 radical (unpaired) electrons. The first-order chi connectivity index (χ1) is 10.1. The van der Waals surface area contributed by atoms with Gasteiger partial charge in [-0.3, -0.25) is 4.79 Å². The van der Waals surface area contributed by atoms with Gasteiger partial charge in [0.05, 0.1) is 0 Å². The smallest absolute Gasteiger partial charge is 0.228 e. The Bertz CT molecular complexity index is 684. The summed E-state index contributed by atoms with van der Waals surface area (Å²) in [5.74, 6) is 0.759. The molecule has 1 amide bonds. The molecule has 1 atom stereocenters. The summed E-state index contributed by atoms with van der Waals surface area (Å²) in [4.78, 5) is 16.7. The third kappa shape index (κ3) is 3.16. The van der Waals surface area contributed by atoms with Crippen LogP contribution in [0.4, 0.5) is 5.82 Å². The number of amides is 1. The van der Waals surface area contributed by atoms with Gasteiger partial charge in [-0.05, 0) is 64.9 Å². The number of anilines is 1. The van der Waals surface area contributed by atoms with Gasteiger partial charge in [0.15, 0.2) is 0 Å². The standard InChI is InChI=1S/C17H17BrN2O/c1-11-8-15(18)10-19-16(11)20-17(21)14-7-6-12-4-2-3-5-13(12)9-14/h2-5,8,10,14H,6-7,9H2,1H3,(H,19,20,21). The van der Waals surface area contributed by atoms with Gasteiger partial charge < -0.3 is 5.32 Å². The second-order valence-corrected chi connectivity index (χ2v) is 6.43. The van der Waals surface area contributed by atoms with Gasteiger partial charge in [-0.2, -0.15) is 0 Å². The summed E-state index contributed by atoms with van der Waals surface area (Å²) in [6.45, 7) is 1.95. The Hall–Kier alpha value is -1.68. The van der Waals surface area contributed by atoms with Crippen LogP contribution in [0.1, 0.15) is 23.1 Å². The van der Waals surface area contributed by atoms with E-state index in [-0.39, 0.29) is 11.8 Å². The van der Waals surface area contributed by atoms with Crippen molar-refractivity contribution < 1.29 is 4.79 Å². The van der Waals surface area contributed by atoms with Crippen LogP contribution in [0.15, 0.2) is 41.0 Å². The molecule has 0 saturated carbocycles. The van der Waals surface area contributed by atoms with Crippen LogP contribution in [0.25, 0.3) is 0 Å². The zero-order valence-electron chi connectivity index (χ0n) is 11.9. The molecule has 21 heavy (non-hydrogen) atoms. The fourth-order valence-corrected chi connectivity index (χ4v) is 3.26. The number of nitrogens with zero attached hydrogens (tertiary/aromatic N) is 1. The molecule has 0 fully saturated rings. The van der Waals surface area contributed by atoms with Crippen LogP contribution < -0.4 is 5.32 Å². The lowest BCUT2D eigenvalue weighted by atomic mass is 9.83. The molecule has 1 heterocycles. The first-order valence-electron chi connectivity index (χ1n) is 7.13. The summed E-state index contributed by atoms with van der Waals surface area (Å²) in [7, 11) is 0. The van der Waals surface area contributed by atoms with Crippen LogP contribution in [-0.2, 0) is 17.6 Å². The number of hydrogen-bond acceptors (Lipinski definition) is 2. The van der Waals surface area contributed by atoms with Gasteiger partial charge in [0.1, 0.15) is 5.82 Å². The summed E-state index contributed by atoms with van der Waals surface area (Å²) < 4.78 is 0.921.